The van der Waals surface area contributed by atoms with Gasteiger partial charge in [0.2, 0.25) is 0 Å². The average Bonchev–Trinajstić information content (AvgIpc) is 2.54. The molecule has 1 aromatic heterocycles. The van der Waals surface area contributed by atoms with Gasteiger partial charge >= 0.3 is 0 Å². The lowest BCUT2D eigenvalue weighted by atomic mass is 10.2. The van der Waals surface area contributed by atoms with Crippen LogP contribution in [0.3, 0.4) is 0 Å². The smallest absolute Gasteiger partial charge is 0.274 e. The van der Waals surface area contributed by atoms with E-state index in [1.807, 2.05) is 19.9 Å². The molecule has 2 aromatic rings. The summed E-state index contributed by atoms with van der Waals surface area (Å²) in [6, 6.07) is 9.00. The van der Waals surface area contributed by atoms with E-state index in [0.29, 0.717) is 22.9 Å². The van der Waals surface area contributed by atoms with E-state index in [4.69, 9.17) is 9.47 Å². The van der Waals surface area contributed by atoms with Gasteiger partial charge in [-0.25, -0.2) is 0 Å². The molecule has 1 aromatic carbocycles. The van der Waals surface area contributed by atoms with Gasteiger partial charge in [-0.1, -0.05) is 0 Å². The Balaban J connectivity index is 2.19. The van der Waals surface area contributed by atoms with Crippen LogP contribution in [0.15, 0.2) is 36.5 Å². The van der Waals surface area contributed by atoms with Gasteiger partial charge in [0.1, 0.15) is 17.2 Å². The summed E-state index contributed by atoms with van der Waals surface area (Å²) in [6.45, 7) is 4.06. The molecule has 0 saturated heterocycles. The van der Waals surface area contributed by atoms with Crippen molar-refractivity contribution in [3.8, 4) is 11.5 Å². The van der Waals surface area contributed by atoms with Crippen molar-refractivity contribution in [2.75, 3.05) is 24.9 Å². The van der Waals surface area contributed by atoms with Gasteiger partial charge in [0, 0.05) is 24.0 Å². The Hall–Kier alpha value is -2.76. The molecular weight excluding hydrogens is 294 g/mol. The van der Waals surface area contributed by atoms with E-state index >= 15 is 0 Å². The Bertz CT molecular complexity index is 687. The molecule has 2 rings (SSSR count). The fourth-order valence-electron chi connectivity index (χ4n) is 2.07. The summed E-state index contributed by atoms with van der Waals surface area (Å²) in [5.74, 6) is 0.871. The third kappa shape index (κ3) is 4.35. The third-order valence-corrected chi connectivity index (χ3v) is 3.10. The fourth-order valence-corrected chi connectivity index (χ4v) is 2.07. The first-order valence-electron chi connectivity index (χ1n) is 7.29. The first kappa shape index (κ1) is 16.6. The van der Waals surface area contributed by atoms with Gasteiger partial charge in [0.25, 0.3) is 5.91 Å². The summed E-state index contributed by atoms with van der Waals surface area (Å²) in [5.41, 5.74) is 1.73. The highest BCUT2D eigenvalue weighted by molar-refractivity contribution is 6.04. The molecule has 0 aliphatic carbocycles. The molecule has 0 radical (unpaired) electrons. The molecule has 0 fully saturated rings. The number of carbonyl (C=O) groups is 1. The predicted molar refractivity (Wildman–Crippen MR) is 90.5 cm³/mol. The Morgan fingerprint density at radius 1 is 1.13 bits per heavy atom. The number of amides is 1. The molecule has 0 spiro atoms. The van der Waals surface area contributed by atoms with Crippen LogP contribution in [0.4, 0.5) is 11.4 Å². The van der Waals surface area contributed by atoms with Crippen LogP contribution in [-0.2, 0) is 0 Å². The van der Waals surface area contributed by atoms with Gasteiger partial charge in [-0.05, 0) is 38.1 Å². The zero-order chi connectivity index (χ0) is 16.8. The van der Waals surface area contributed by atoms with E-state index in [-0.39, 0.29) is 11.9 Å². The molecule has 122 valence electrons. The molecular formula is C17H21N3O3. The number of aromatic nitrogens is 1. The normalized spacial score (nSPS) is 10.3. The van der Waals surface area contributed by atoms with Crippen LogP contribution >= 0.6 is 0 Å². The SMILES string of the molecule is COc1ccc(NC(=O)c2cc(NC(C)C)ccn2)c(OC)c1. The number of hydrogen-bond acceptors (Lipinski definition) is 5. The van der Waals surface area contributed by atoms with E-state index in [2.05, 4.69) is 15.6 Å². The summed E-state index contributed by atoms with van der Waals surface area (Å²) < 4.78 is 10.4. The molecule has 1 heterocycles. The van der Waals surface area contributed by atoms with Crippen molar-refractivity contribution in [3.63, 3.8) is 0 Å². The maximum absolute atomic E-state index is 12.4. The monoisotopic (exact) mass is 315 g/mol. The lowest BCUT2D eigenvalue weighted by Crippen LogP contribution is -2.16. The quantitative estimate of drug-likeness (QED) is 0.856. The zero-order valence-electron chi connectivity index (χ0n) is 13.7. The van der Waals surface area contributed by atoms with Gasteiger partial charge in [-0.3, -0.25) is 9.78 Å². The Morgan fingerprint density at radius 2 is 1.91 bits per heavy atom. The van der Waals surface area contributed by atoms with Gasteiger partial charge in [-0.15, -0.1) is 0 Å². The van der Waals surface area contributed by atoms with E-state index in [1.165, 1.54) is 7.11 Å². The van der Waals surface area contributed by atoms with Crippen molar-refractivity contribution in [3.05, 3.63) is 42.2 Å². The second-order valence-electron chi connectivity index (χ2n) is 5.25. The largest absolute Gasteiger partial charge is 0.497 e. The standard InChI is InChI=1S/C17H21N3O3/c1-11(2)19-12-7-8-18-15(9-12)17(21)20-14-6-5-13(22-3)10-16(14)23-4/h5-11H,1-4H3,(H,18,19)(H,20,21). The van der Waals surface area contributed by atoms with Crippen LogP contribution in [-0.4, -0.2) is 31.2 Å². The topological polar surface area (TPSA) is 72.5 Å². The third-order valence-electron chi connectivity index (χ3n) is 3.10. The Morgan fingerprint density at radius 3 is 2.57 bits per heavy atom. The average molecular weight is 315 g/mol. The minimum atomic E-state index is -0.305. The van der Waals surface area contributed by atoms with Crippen LogP contribution in [0, 0.1) is 0 Å². The van der Waals surface area contributed by atoms with Crippen LogP contribution < -0.4 is 20.1 Å². The van der Waals surface area contributed by atoms with E-state index < -0.39 is 0 Å². The van der Waals surface area contributed by atoms with E-state index in [9.17, 15) is 4.79 Å². The van der Waals surface area contributed by atoms with Crippen LogP contribution in [0.25, 0.3) is 0 Å². The molecule has 0 bridgehead atoms. The summed E-state index contributed by atoms with van der Waals surface area (Å²) in [7, 11) is 3.11. The molecule has 0 aliphatic rings. The number of methoxy groups -OCH3 is 2. The minimum Gasteiger partial charge on any atom is -0.497 e. The predicted octanol–water partition coefficient (Wildman–Crippen LogP) is 3.17. The number of carbonyl (C=O) groups excluding carboxylic acids is 1. The number of benzene rings is 1. The van der Waals surface area contributed by atoms with Gasteiger partial charge in [-0.2, -0.15) is 0 Å². The van der Waals surface area contributed by atoms with Crippen LogP contribution in [0.2, 0.25) is 0 Å². The van der Waals surface area contributed by atoms with Crippen molar-refractivity contribution < 1.29 is 14.3 Å². The van der Waals surface area contributed by atoms with Crippen LogP contribution in [0.1, 0.15) is 24.3 Å². The molecule has 23 heavy (non-hydrogen) atoms. The number of hydrogen-bond donors (Lipinski definition) is 2. The molecule has 6 nitrogen and oxygen atoms in total. The van der Waals surface area contributed by atoms with Gasteiger partial charge in [0.05, 0.1) is 19.9 Å². The zero-order valence-corrected chi connectivity index (χ0v) is 13.7. The maximum atomic E-state index is 12.4. The molecule has 1 amide bonds. The molecule has 0 atom stereocenters. The summed E-state index contributed by atoms with van der Waals surface area (Å²) in [5, 5.41) is 6.04. The number of anilines is 2. The van der Waals surface area contributed by atoms with Crippen LogP contribution in [0.5, 0.6) is 11.5 Å². The summed E-state index contributed by atoms with van der Waals surface area (Å²) in [6.07, 6.45) is 1.60. The molecule has 2 N–H and O–H groups in total. The molecule has 0 unspecified atom stereocenters. The number of nitrogens with one attached hydrogen (secondary N) is 2. The number of rotatable bonds is 6. The lowest BCUT2D eigenvalue weighted by molar-refractivity contribution is 0.102. The maximum Gasteiger partial charge on any atom is 0.274 e. The number of ether oxygens (including phenoxy) is 2. The first-order valence-corrected chi connectivity index (χ1v) is 7.29. The van der Waals surface area contributed by atoms with Crippen molar-refractivity contribution in [1.82, 2.24) is 4.98 Å². The highest BCUT2D eigenvalue weighted by Crippen LogP contribution is 2.29. The van der Waals surface area contributed by atoms with Crippen molar-refractivity contribution >= 4 is 17.3 Å². The highest BCUT2D eigenvalue weighted by Gasteiger charge is 2.12. The lowest BCUT2D eigenvalue weighted by Gasteiger charge is -2.13. The van der Waals surface area contributed by atoms with Gasteiger partial charge < -0.3 is 20.1 Å². The number of nitrogens with zero attached hydrogens (tertiary/aromatic N) is 1. The second kappa shape index (κ2) is 7.49. The highest BCUT2D eigenvalue weighted by atomic mass is 16.5. The summed E-state index contributed by atoms with van der Waals surface area (Å²) in [4.78, 5) is 16.5. The Labute approximate surface area is 135 Å². The van der Waals surface area contributed by atoms with Crippen molar-refractivity contribution in [2.45, 2.75) is 19.9 Å². The molecule has 6 heteroatoms. The van der Waals surface area contributed by atoms with E-state index in [1.54, 1.807) is 37.6 Å². The second-order valence-corrected chi connectivity index (χ2v) is 5.25. The van der Waals surface area contributed by atoms with Crippen molar-refractivity contribution in [2.24, 2.45) is 0 Å². The van der Waals surface area contributed by atoms with E-state index in [0.717, 1.165) is 5.69 Å². The summed E-state index contributed by atoms with van der Waals surface area (Å²) >= 11 is 0. The van der Waals surface area contributed by atoms with Crippen molar-refractivity contribution in [1.29, 1.82) is 0 Å². The first-order chi connectivity index (χ1) is 11.0. The fraction of sp³-hybridized carbons (Fsp3) is 0.294. The molecule has 0 saturated carbocycles. The number of pyridine rings is 1. The van der Waals surface area contributed by atoms with Gasteiger partial charge in [0.15, 0.2) is 0 Å². The molecule has 0 aliphatic heterocycles. The minimum absolute atomic E-state index is 0.273. The Kier molecular flexibility index (Phi) is 5.41.